The van der Waals surface area contributed by atoms with Gasteiger partial charge in [0.2, 0.25) is 5.78 Å². The second-order valence-electron chi connectivity index (χ2n) is 2.71. The number of aldehydes is 1. The second kappa shape index (κ2) is 3.33. The average Bonchev–Trinajstić information content (AvgIpc) is 2.27. The predicted octanol–water partition coefficient (Wildman–Crippen LogP) is 1.01. The fraction of sp³-hybridized carbons (Fsp3) is 0. The maximum absolute atomic E-state index is 11.2. The first kappa shape index (κ1) is 8.50. The molecule has 0 aliphatic rings. The lowest BCUT2D eigenvalue weighted by molar-refractivity contribution is -0.104. The number of aromatic nitrogens is 2. The van der Waals surface area contributed by atoms with E-state index in [1.807, 2.05) is 0 Å². The number of Topliss-reactive ketones (excluding diaryl/α,β-unsaturated/α-hetero) is 1. The summed E-state index contributed by atoms with van der Waals surface area (Å²) in [6.45, 7) is 0. The van der Waals surface area contributed by atoms with Gasteiger partial charge in [-0.3, -0.25) is 19.6 Å². The Kier molecular flexibility index (Phi) is 2.02. The molecule has 0 aliphatic carbocycles. The molecule has 1 aromatic heterocycles. The number of rotatable bonds is 2. The van der Waals surface area contributed by atoms with E-state index >= 15 is 0 Å². The number of benzene rings is 1. The number of carbonyl (C=O) groups is 2. The molecule has 1 heterocycles. The summed E-state index contributed by atoms with van der Waals surface area (Å²) in [5.41, 5.74) is 1.37. The van der Waals surface area contributed by atoms with Gasteiger partial charge in [0.15, 0.2) is 6.29 Å². The van der Waals surface area contributed by atoms with Crippen LogP contribution in [0.1, 0.15) is 10.4 Å². The third-order valence-electron chi connectivity index (χ3n) is 1.87. The zero-order valence-electron chi connectivity index (χ0n) is 7.18. The van der Waals surface area contributed by atoms with Crippen LogP contribution in [0.25, 0.3) is 11.0 Å². The SMILES string of the molecule is O=CC(=O)c1cccc2nccnc12. The molecule has 0 radical (unpaired) electrons. The van der Waals surface area contributed by atoms with Gasteiger partial charge in [-0.05, 0) is 12.1 Å². The molecule has 2 rings (SSSR count). The number of ketones is 1. The van der Waals surface area contributed by atoms with Crippen LogP contribution < -0.4 is 0 Å². The largest absolute Gasteiger partial charge is 0.294 e. The van der Waals surface area contributed by atoms with Crippen molar-refractivity contribution in [1.82, 2.24) is 9.97 Å². The Labute approximate surface area is 79.6 Å². The van der Waals surface area contributed by atoms with Crippen LogP contribution in [0.3, 0.4) is 0 Å². The smallest absolute Gasteiger partial charge is 0.227 e. The zero-order valence-corrected chi connectivity index (χ0v) is 7.18. The Hall–Kier alpha value is -2.10. The molecule has 1 aromatic carbocycles. The van der Waals surface area contributed by atoms with Crippen molar-refractivity contribution in [1.29, 1.82) is 0 Å². The van der Waals surface area contributed by atoms with Gasteiger partial charge in [-0.25, -0.2) is 0 Å². The topological polar surface area (TPSA) is 59.9 Å². The summed E-state index contributed by atoms with van der Waals surface area (Å²) in [6.07, 6.45) is 3.31. The van der Waals surface area contributed by atoms with E-state index in [0.29, 0.717) is 16.6 Å². The summed E-state index contributed by atoms with van der Waals surface area (Å²) in [4.78, 5) is 29.6. The van der Waals surface area contributed by atoms with Crippen LogP contribution in [0.2, 0.25) is 0 Å². The van der Waals surface area contributed by atoms with E-state index in [4.69, 9.17) is 0 Å². The number of fused-ring (bicyclic) bond motifs is 1. The van der Waals surface area contributed by atoms with Gasteiger partial charge >= 0.3 is 0 Å². The minimum Gasteiger partial charge on any atom is -0.294 e. The van der Waals surface area contributed by atoms with E-state index in [-0.39, 0.29) is 6.29 Å². The third-order valence-corrected chi connectivity index (χ3v) is 1.87. The Morgan fingerprint density at radius 3 is 2.79 bits per heavy atom. The maximum Gasteiger partial charge on any atom is 0.227 e. The van der Waals surface area contributed by atoms with E-state index < -0.39 is 5.78 Å². The van der Waals surface area contributed by atoms with Gasteiger partial charge in [-0.15, -0.1) is 0 Å². The number of hydrogen-bond donors (Lipinski definition) is 0. The van der Waals surface area contributed by atoms with Gasteiger partial charge in [-0.2, -0.15) is 0 Å². The maximum atomic E-state index is 11.2. The fourth-order valence-corrected chi connectivity index (χ4v) is 1.25. The summed E-state index contributed by atoms with van der Waals surface area (Å²) in [6, 6.07) is 4.98. The lowest BCUT2D eigenvalue weighted by atomic mass is 10.1. The molecular weight excluding hydrogens is 180 g/mol. The lowest BCUT2D eigenvalue weighted by Crippen LogP contribution is -2.01. The minimum atomic E-state index is -0.573. The van der Waals surface area contributed by atoms with Crippen LogP contribution in [0, 0.1) is 0 Å². The quantitative estimate of drug-likeness (QED) is 0.399. The van der Waals surface area contributed by atoms with Crippen molar-refractivity contribution >= 4 is 23.1 Å². The summed E-state index contributed by atoms with van der Waals surface area (Å²) in [5, 5.41) is 0. The molecule has 0 unspecified atom stereocenters. The zero-order chi connectivity index (χ0) is 9.97. The first-order chi connectivity index (χ1) is 6.83. The van der Waals surface area contributed by atoms with Gasteiger partial charge in [0.25, 0.3) is 0 Å². The van der Waals surface area contributed by atoms with Gasteiger partial charge in [-0.1, -0.05) is 6.07 Å². The highest BCUT2D eigenvalue weighted by Gasteiger charge is 2.09. The molecule has 68 valence electrons. The van der Waals surface area contributed by atoms with Crippen LogP contribution in [0.5, 0.6) is 0 Å². The van der Waals surface area contributed by atoms with Crippen LogP contribution in [0.15, 0.2) is 30.6 Å². The lowest BCUT2D eigenvalue weighted by Gasteiger charge is -1.98. The normalized spacial score (nSPS) is 10.0. The van der Waals surface area contributed by atoms with Crippen LogP contribution >= 0.6 is 0 Å². The molecule has 0 amide bonds. The molecule has 0 N–H and O–H groups in total. The van der Waals surface area contributed by atoms with Crippen molar-refractivity contribution in [3.8, 4) is 0 Å². The van der Waals surface area contributed by atoms with Crippen LogP contribution in [-0.4, -0.2) is 22.0 Å². The highest BCUT2D eigenvalue weighted by atomic mass is 16.2. The Bertz CT molecular complexity index is 503. The van der Waals surface area contributed by atoms with Crippen LogP contribution in [0.4, 0.5) is 0 Å². The highest BCUT2D eigenvalue weighted by molar-refractivity contribution is 6.35. The van der Waals surface area contributed by atoms with Crippen molar-refractivity contribution < 1.29 is 9.59 Å². The molecule has 0 spiro atoms. The third kappa shape index (κ3) is 1.26. The number of hydrogen-bond acceptors (Lipinski definition) is 4. The molecule has 0 saturated heterocycles. The van der Waals surface area contributed by atoms with Gasteiger partial charge in [0.1, 0.15) is 0 Å². The summed E-state index contributed by atoms with van der Waals surface area (Å²) in [7, 11) is 0. The molecule has 0 aliphatic heterocycles. The van der Waals surface area contributed by atoms with Crippen molar-refractivity contribution in [3.63, 3.8) is 0 Å². The molecule has 0 fully saturated rings. The summed E-state index contributed by atoms with van der Waals surface area (Å²) >= 11 is 0. The van der Waals surface area contributed by atoms with E-state index in [2.05, 4.69) is 9.97 Å². The van der Waals surface area contributed by atoms with E-state index in [1.54, 1.807) is 18.2 Å². The molecular formula is C10H6N2O2. The van der Waals surface area contributed by atoms with Gasteiger partial charge in [0.05, 0.1) is 16.6 Å². The average molecular weight is 186 g/mol. The Morgan fingerprint density at radius 2 is 2.00 bits per heavy atom. The van der Waals surface area contributed by atoms with Gasteiger partial charge in [0, 0.05) is 12.4 Å². The van der Waals surface area contributed by atoms with Crippen molar-refractivity contribution in [2.75, 3.05) is 0 Å². The standard InChI is InChI=1S/C10H6N2O2/c13-6-9(14)7-2-1-3-8-10(7)12-5-4-11-8/h1-6H. The minimum absolute atomic E-state index is 0.281. The van der Waals surface area contributed by atoms with E-state index in [1.165, 1.54) is 12.4 Å². The van der Waals surface area contributed by atoms with E-state index in [0.717, 1.165) is 0 Å². The molecule has 2 aromatic rings. The second-order valence-corrected chi connectivity index (χ2v) is 2.71. The first-order valence-corrected chi connectivity index (χ1v) is 4.02. The number of nitrogens with zero attached hydrogens (tertiary/aromatic N) is 2. The van der Waals surface area contributed by atoms with Gasteiger partial charge < -0.3 is 0 Å². The van der Waals surface area contributed by atoms with E-state index in [9.17, 15) is 9.59 Å². The molecule has 4 heteroatoms. The van der Waals surface area contributed by atoms with Crippen molar-refractivity contribution in [2.24, 2.45) is 0 Å². The molecule has 0 bridgehead atoms. The Balaban J connectivity index is 2.77. The van der Waals surface area contributed by atoms with Crippen molar-refractivity contribution in [2.45, 2.75) is 0 Å². The monoisotopic (exact) mass is 186 g/mol. The molecule has 0 saturated carbocycles. The first-order valence-electron chi connectivity index (χ1n) is 4.02. The number of carbonyl (C=O) groups excluding carboxylic acids is 2. The fourth-order valence-electron chi connectivity index (χ4n) is 1.25. The highest BCUT2D eigenvalue weighted by Crippen LogP contribution is 2.13. The molecule has 0 atom stereocenters. The predicted molar refractivity (Wildman–Crippen MR) is 49.9 cm³/mol. The molecule has 4 nitrogen and oxygen atoms in total. The number of para-hydroxylation sites is 1. The summed E-state index contributed by atoms with van der Waals surface area (Å²) < 4.78 is 0. The van der Waals surface area contributed by atoms with Crippen LogP contribution in [-0.2, 0) is 4.79 Å². The Morgan fingerprint density at radius 1 is 1.21 bits per heavy atom. The van der Waals surface area contributed by atoms with Crippen molar-refractivity contribution in [3.05, 3.63) is 36.2 Å². The summed E-state index contributed by atoms with van der Waals surface area (Å²) in [5.74, 6) is -0.573. The molecule has 14 heavy (non-hydrogen) atoms.